The number of nitrogens with zero attached hydrogens (tertiary/aromatic N) is 4. The summed E-state index contributed by atoms with van der Waals surface area (Å²) in [4.78, 5) is 26.1. The number of rotatable bonds is 4. The molecule has 0 amide bonds. The minimum absolute atomic E-state index is 0.00494. The zero-order chi connectivity index (χ0) is 20.3. The summed E-state index contributed by atoms with van der Waals surface area (Å²) in [6, 6.07) is 12.6. The van der Waals surface area contributed by atoms with Gasteiger partial charge in [-0.3, -0.25) is 20.2 Å². The fourth-order valence-corrected chi connectivity index (χ4v) is 3.60. The molecule has 0 unspecified atom stereocenters. The summed E-state index contributed by atoms with van der Waals surface area (Å²) in [5, 5.41) is 21.9. The third-order valence-corrected chi connectivity index (χ3v) is 5.45. The fraction of sp³-hybridized carbons (Fsp3) is 0.222. The van der Waals surface area contributed by atoms with E-state index in [-0.39, 0.29) is 11.4 Å². The lowest BCUT2D eigenvalue weighted by Gasteiger charge is -2.37. The summed E-state index contributed by atoms with van der Waals surface area (Å²) >= 11 is 11.0. The van der Waals surface area contributed by atoms with Crippen LogP contribution >= 0.6 is 24.4 Å². The number of piperazine rings is 1. The molecule has 28 heavy (non-hydrogen) atoms. The topological polar surface area (TPSA) is 92.8 Å². The largest absolute Gasteiger partial charge is 0.359 e. The molecule has 10 heteroatoms. The number of thiocarbonyl (C=S) groups is 2. The van der Waals surface area contributed by atoms with Crippen LogP contribution in [0.3, 0.4) is 0 Å². The van der Waals surface area contributed by atoms with E-state index in [1.165, 1.54) is 24.3 Å². The van der Waals surface area contributed by atoms with Crippen molar-refractivity contribution in [3.63, 3.8) is 0 Å². The molecule has 1 aliphatic rings. The van der Waals surface area contributed by atoms with E-state index < -0.39 is 9.85 Å². The van der Waals surface area contributed by atoms with Crippen molar-refractivity contribution in [3.8, 4) is 0 Å². The third-order valence-electron chi connectivity index (χ3n) is 4.46. The van der Waals surface area contributed by atoms with Crippen LogP contribution in [0.25, 0.3) is 0 Å². The van der Waals surface area contributed by atoms with Crippen LogP contribution in [0, 0.1) is 20.2 Å². The lowest BCUT2D eigenvalue weighted by Crippen LogP contribution is -2.50. The second kappa shape index (κ2) is 8.36. The highest BCUT2D eigenvalue weighted by Gasteiger charge is 2.23. The van der Waals surface area contributed by atoms with Crippen molar-refractivity contribution < 1.29 is 9.85 Å². The molecule has 0 bridgehead atoms. The minimum atomic E-state index is -0.443. The van der Waals surface area contributed by atoms with Gasteiger partial charge < -0.3 is 9.80 Å². The maximum Gasteiger partial charge on any atom is 0.270 e. The summed E-state index contributed by atoms with van der Waals surface area (Å²) < 4.78 is 0. The molecule has 0 saturated carbocycles. The first-order valence-corrected chi connectivity index (χ1v) is 9.26. The summed E-state index contributed by atoms with van der Waals surface area (Å²) in [6.07, 6.45) is 0. The quantitative estimate of drug-likeness (QED) is 0.426. The monoisotopic (exact) mass is 416 g/mol. The Morgan fingerprint density at radius 1 is 0.750 bits per heavy atom. The van der Waals surface area contributed by atoms with Crippen molar-refractivity contribution in [2.45, 2.75) is 0 Å². The molecule has 0 atom stereocenters. The first-order chi connectivity index (χ1) is 13.4. The maximum absolute atomic E-state index is 11.0. The van der Waals surface area contributed by atoms with Gasteiger partial charge in [0.05, 0.1) is 9.85 Å². The van der Waals surface area contributed by atoms with Crippen molar-refractivity contribution in [1.82, 2.24) is 9.80 Å². The number of nitro benzene ring substituents is 2. The van der Waals surface area contributed by atoms with Crippen LogP contribution in [-0.2, 0) is 0 Å². The van der Waals surface area contributed by atoms with Gasteiger partial charge in [0.2, 0.25) is 0 Å². The first kappa shape index (κ1) is 19.8. The highest BCUT2D eigenvalue weighted by molar-refractivity contribution is 7.81. The van der Waals surface area contributed by atoms with Crippen LogP contribution < -0.4 is 0 Å². The Balaban J connectivity index is 1.65. The molecule has 0 radical (unpaired) electrons. The van der Waals surface area contributed by atoms with Crippen molar-refractivity contribution >= 4 is 45.8 Å². The van der Waals surface area contributed by atoms with Gasteiger partial charge in [0.1, 0.15) is 9.98 Å². The van der Waals surface area contributed by atoms with Gasteiger partial charge in [0.25, 0.3) is 11.4 Å². The molecule has 8 nitrogen and oxygen atoms in total. The van der Waals surface area contributed by atoms with Crippen LogP contribution in [0.5, 0.6) is 0 Å². The number of non-ortho nitro benzene ring substituents is 2. The molecule has 1 aliphatic heterocycles. The highest BCUT2D eigenvalue weighted by Crippen LogP contribution is 2.19. The van der Waals surface area contributed by atoms with Crippen LogP contribution in [0.2, 0.25) is 0 Å². The average molecular weight is 416 g/mol. The summed E-state index contributed by atoms with van der Waals surface area (Å²) in [5.41, 5.74) is 1.29. The predicted molar refractivity (Wildman–Crippen MR) is 113 cm³/mol. The molecule has 144 valence electrons. The van der Waals surface area contributed by atoms with Gasteiger partial charge in [-0.2, -0.15) is 0 Å². The van der Waals surface area contributed by atoms with E-state index in [2.05, 4.69) is 0 Å². The summed E-state index contributed by atoms with van der Waals surface area (Å²) in [6.45, 7) is 2.43. The molecule has 1 heterocycles. The standard InChI is InChI=1S/C18H16N4O4S2/c23-21(24)15-5-1-3-13(11-15)17(27)19-7-9-20(10-8-19)18(28)14-4-2-6-16(12-14)22(25)26/h1-6,11-12H,7-10H2. The lowest BCUT2D eigenvalue weighted by atomic mass is 10.1. The van der Waals surface area contributed by atoms with E-state index in [4.69, 9.17) is 24.4 Å². The van der Waals surface area contributed by atoms with Crippen LogP contribution in [0.15, 0.2) is 48.5 Å². The van der Waals surface area contributed by atoms with Gasteiger partial charge in [0, 0.05) is 61.6 Å². The Morgan fingerprint density at radius 2 is 1.11 bits per heavy atom. The van der Waals surface area contributed by atoms with Crippen molar-refractivity contribution in [2.24, 2.45) is 0 Å². The second-order valence-electron chi connectivity index (χ2n) is 6.20. The van der Waals surface area contributed by atoms with Crippen LogP contribution in [0.4, 0.5) is 11.4 Å². The zero-order valence-electron chi connectivity index (χ0n) is 14.7. The van der Waals surface area contributed by atoms with Gasteiger partial charge in [0.15, 0.2) is 0 Å². The molecule has 2 aromatic carbocycles. The first-order valence-electron chi connectivity index (χ1n) is 8.44. The molecule has 1 saturated heterocycles. The molecule has 1 fully saturated rings. The maximum atomic E-state index is 11.0. The second-order valence-corrected chi connectivity index (χ2v) is 6.97. The zero-order valence-corrected chi connectivity index (χ0v) is 16.3. The Hall–Kier alpha value is -2.98. The van der Waals surface area contributed by atoms with Crippen LogP contribution in [-0.4, -0.2) is 55.8 Å². The molecule has 0 aliphatic carbocycles. The number of hydrogen-bond acceptors (Lipinski definition) is 6. The highest BCUT2D eigenvalue weighted by atomic mass is 32.1. The van der Waals surface area contributed by atoms with E-state index in [1.54, 1.807) is 24.3 Å². The van der Waals surface area contributed by atoms with Gasteiger partial charge in [-0.25, -0.2) is 0 Å². The van der Waals surface area contributed by atoms with E-state index >= 15 is 0 Å². The molecule has 0 spiro atoms. The van der Waals surface area contributed by atoms with Crippen molar-refractivity contribution in [3.05, 3.63) is 79.9 Å². The Labute approximate surface area is 171 Å². The van der Waals surface area contributed by atoms with E-state index in [9.17, 15) is 20.2 Å². The van der Waals surface area contributed by atoms with E-state index in [0.717, 1.165) is 0 Å². The normalized spacial score (nSPS) is 13.9. The number of benzene rings is 2. The third kappa shape index (κ3) is 4.29. The Morgan fingerprint density at radius 3 is 1.43 bits per heavy atom. The Bertz CT molecular complexity index is 881. The predicted octanol–water partition coefficient (Wildman–Crippen LogP) is 3.17. The molecule has 0 N–H and O–H groups in total. The van der Waals surface area contributed by atoms with Gasteiger partial charge >= 0.3 is 0 Å². The Kier molecular flexibility index (Phi) is 5.90. The molecular weight excluding hydrogens is 400 g/mol. The fourth-order valence-electron chi connectivity index (χ4n) is 2.98. The van der Waals surface area contributed by atoms with E-state index in [1.807, 2.05) is 9.80 Å². The van der Waals surface area contributed by atoms with Gasteiger partial charge in [-0.15, -0.1) is 0 Å². The van der Waals surface area contributed by atoms with Crippen molar-refractivity contribution in [2.75, 3.05) is 26.2 Å². The minimum Gasteiger partial charge on any atom is -0.359 e. The smallest absolute Gasteiger partial charge is 0.270 e. The number of nitro groups is 2. The molecule has 0 aromatic heterocycles. The van der Waals surface area contributed by atoms with Gasteiger partial charge in [-0.1, -0.05) is 48.7 Å². The van der Waals surface area contributed by atoms with Crippen LogP contribution in [0.1, 0.15) is 11.1 Å². The summed E-state index contributed by atoms with van der Waals surface area (Å²) in [7, 11) is 0. The SMILES string of the molecule is O=[N+]([O-])c1cccc(C(=S)N2CCN(C(=S)c3cccc([N+](=O)[O-])c3)CC2)c1. The summed E-state index contributed by atoms with van der Waals surface area (Å²) in [5.74, 6) is 0. The van der Waals surface area contributed by atoms with E-state index in [0.29, 0.717) is 47.3 Å². The molecule has 3 rings (SSSR count). The molecular formula is C18H16N4O4S2. The average Bonchev–Trinajstić information content (AvgIpc) is 2.73. The lowest BCUT2D eigenvalue weighted by molar-refractivity contribution is -0.385. The van der Waals surface area contributed by atoms with Gasteiger partial charge in [-0.05, 0) is 0 Å². The molecule has 2 aromatic rings. The number of hydrogen-bond donors (Lipinski definition) is 0. The van der Waals surface area contributed by atoms with Crippen molar-refractivity contribution in [1.29, 1.82) is 0 Å².